The Balaban J connectivity index is 2.05. The van der Waals surface area contributed by atoms with Gasteiger partial charge in [0.15, 0.2) is 0 Å². The molecule has 2 aromatic rings. The first kappa shape index (κ1) is 15.6. The van der Waals surface area contributed by atoms with Gasteiger partial charge < -0.3 is 5.11 Å². The molecule has 0 aromatic heterocycles. The summed E-state index contributed by atoms with van der Waals surface area (Å²) in [6, 6.07) is 13.0. The largest absolute Gasteiger partial charge is 0.388 e. The highest BCUT2D eigenvalue weighted by Gasteiger charge is 2.14. The molecule has 0 saturated carbocycles. The predicted molar refractivity (Wildman–Crippen MR) is 82.7 cm³/mol. The van der Waals surface area contributed by atoms with Crippen LogP contribution in [0.25, 0.3) is 0 Å². The first-order valence-electron chi connectivity index (χ1n) is 6.57. The van der Waals surface area contributed by atoms with Crippen molar-refractivity contribution < 1.29 is 13.7 Å². The second-order valence-corrected chi connectivity index (χ2v) is 6.48. The fraction of sp³-hybridized carbons (Fsp3) is 0.176. The van der Waals surface area contributed by atoms with E-state index in [2.05, 4.69) is 6.58 Å². The molecule has 110 valence electrons. The van der Waals surface area contributed by atoms with E-state index in [0.29, 0.717) is 15.4 Å². The summed E-state index contributed by atoms with van der Waals surface area (Å²) in [5, 5.41) is 10.1. The standard InChI is InChI=1S/C17H17FO2S/c1-12-3-9-16(10-4-12)21(20)13(2)11-17(19)14-5-7-15(18)8-6-14/h3-10,17,19H,2,11H2,1H3/t17-,21?/m1/s1. The number of halogens is 1. The Morgan fingerprint density at radius 3 is 2.33 bits per heavy atom. The van der Waals surface area contributed by atoms with Crippen molar-refractivity contribution in [3.63, 3.8) is 0 Å². The summed E-state index contributed by atoms with van der Waals surface area (Å²) in [5.41, 5.74) is 1.67. The third-order valence-corrected chi connectivity index (χ3v) is 4.56. The molecule has 1 N–H and O–H groups in total. The Labute approximate surface area is 126 Å². The zero-order valence-corrected chi connectivity index (χ0v) is 12.6. The van der Waals surface area contributed by atoms with Gasteiger partial charge in [-0.25, -0.2) is 8.60 Å². The molecular formula is C17H17FO2S. The number of aryl methyl sites for hydroxylation is 1. The van der Waals surface area contributed by atoms with Gasteiger partial charge in [-0.05, 0) is 36.8 Å². The highest BCUT2D eigenvalue weighted by atomic mass is 32.2. The minimum Gasteiger partial charge on any atom is -0.388 e. The molecule has 0 heterocycles. The van der Waals surface area contributed by atoms with Crippen molar-refractivity contribution in [1.82, 2.24) is 0 Å². The maximum atomic E-state index is 12.8. The molecule has 0 spiro atoms. The van der Waals surface area contributed by atoms with E-state index in [0.717, 1.165) is 5.56 Å². The van der Waals surface area contributed by atoms with Gasteiger partial charge in [0.25, 0.3) is 0 Å². The number of aliphatic hydroxyl groups excluding tert-OH is 1. The number of rotatable bonds is 5. The van der Waals surface area contributed by atoms with Crippen LogP contribution in [-0.4, -0.2) is 9.32 Å². The van der Waals surface area contributed by atoms with Gasteiger partial charge in [0, 0.05) is 16.2 Å². The van der Waals surface area contributed by atoms with Crippen LogP contribution >= 0.6 is 0 Å². The van der Waals surface area contributed by atoms with Crippen molar-refractivity contribution in [3.8, 4) is 0 Å². The molecule has 2 aromatic carbocycles. The summed E-state index contributed by atoms with van der Waals surface area (Å²) in [7, 11) is -1.36. The average Bonchev–Trinajstić information content (AvgIpc) is 2.47. The van der Waals surface area contributed by atoms with Gasteiger partial charge in [0.1, 0.15) is 5.82 Å². The molecule has 2 nitrogen and oxygen atoms in total. The molecule has 2 atom stereocenters. The Bertz CT molecular complexity index is 647. The quantitative estimate of drug-likeness (QED) is 0.910. The summed E-state index contributed by atoms with van der Waals surface area (Å²) in [6.45, 7) is 5.76. The lowest BCUT2D eigenvalue weighted by molar-refractivity contribution is 0.180. The van der Waals surface area contributed by atoms with E-state index in [1.165, 1.54) is 24.3 Å². The smallest absolute Gasteiger partial charge is 0.123 e. The van der Waals surface area contributed by atoms with E-state index in [4.69, 9.17) is 0 Å². The topological polar surface area (TPSA) is 37.3 Å². The van der Waals surface area contributed by atoms with Gasteiger partial charge in [-0.15, -0.1) is 0 Å². The summed E-state index contributed by atoms with van der Waals surface area (Å²) < 4.78 is 25.2. The molecule has 0 aliphatic rings. The van der Waals surface area contributed by atoms with E-state index >= 15 is 0 Å². The minimum absolute atomic E-state index is 0.173. The Morgan fingerprint density at radius 1 is 1.19 bits per heavy atom. The molecule has 1 unspecified atom stereocenters. The average molecular weight is 304 g/mol. The van der Waals surface area contributed by atoms with Crippen molar-refractivity contribution in [3.05, 3.63) is 77.0 Å². The number of hydrogen-bond acceptors (Lipinski definition) is 2. The second-order valence-electron chi connectivity index (χ2n) is 4.89. The van der Waals surface area contributed by atoms with Crippen molar-refractivity contribution in [2.75, 3.05) is 0 Å². The van der Waals surface area contributed by atoms with Crippen LogP contribution in [-0.2, 0) is 10.8 Å². The number of benzene rings is 2. The molecule has 0 aliphatic carbocycles. The minimum atomic E-state index is -1.36. The van der Waals surface area contributed by atoms with Gasteiger partial charge in [-0.3, -0.25) is 0 Å². The molecule has 0 amide bonds. The lowest BCUT2D eigenvalue weighted by Gasteiger charge is -2.13. The van der Waals surface area contributed by atoms with Crippen LogP contribution in [0.3, 0.4) is 0 Å². The summed E-state index contributed by atoms with van der Waals surface area (Å²) in [5.74, 6) is -0.354. The van der Waals surface area contributed by atoms with E-state index in [-0.39, 0.29) is 12.2 Å². The summed E-state index contributed by atoms with van der Waals surface area (Å²) >= 11 is 0. The van der Waals surface area contributed by atoms with Crippen molar-refractivity contribution in [2.24, 2.45) is 0 Å². The second kappa shape index (κ2) is 6.78. The third-order valence-electron chi connectivity index (χ3n) is 3.17. The molecular weight excluding hydrogens is 287 g/mol. The molecule has 0 aliphatic heterocycles. The van der Waals surface area contributed by atoms with E-state index < -0.39 is 16.9 Å². The van der Waals surface area contributed by atoms with Crippen LogP contribution in [0.15, 0.2) is 64.9 Å². The van der Waals surface area contributed by atoms with E-state index in [1.807, 2.05) is 19.1 Å². The van der Waals surface area contributed by atoms with E-state index in [1.54, 1.807) is 12.1 Å². The lowest BCUT2D eigenvalue weighted by atomic mass is 10.1. The van der Waals surface area contributed by atoms with Gasteiger partial charge in [0.05, 0.1) is 16.9 Å². The third kappa shape index (κ3) is 4.09. The fourth-order valence-electron chi connectivity index (χ4n) is 1.92. The molecule has 0 saturated heterocycles. The maximum absolute atomic E-state index is 12.8. The van der Waals surface area contributed by atoms with Crippen molar-refractivity contribution in [1.29, 1.82) is 0 Å². The number of hydrogen-bond donors (Lipinski definition) is 1. The lowest BCUT2D eigenvalue weighted by Crippen LogP contribution is -2.03. The molecule has 2 rings (SSSR count). The number of aliphatic hydroxyl groups is 1. The van der Waals surface area contributed by atoms with Crippen LogP contribution in [0.5, 0.6) is 0 Å². The van der Waals surface area contributed by atoms with Crippen molar-refractivity contribution >= 4 is 10.8 Å². The molecule has 0 radical (unpaired) electrons. The highest BCUT2D eigenvalue weighted by molar-refractivity contribution is 7.89. The molecule has 4 heteroatoms. The van der Waals surface area contributed by atoms with Crippen LogP contribution < -0.4 is 0 Å². The summed E-state index contributed by atoms with van der Waals surface area (Å²) in [4.78, 5) is 1.10. The van der Waals surface area contributed by atoms with Gasteiger partial charge >= 0.3 is 0 Å². The van der Waals surface area contributed by atoms with Gasteiger partial charge in [-0.1, -0.05) is 36.4 Å². The van der Waals surface area contributed by atoms with Gasteiger partial charge in [0.2, 0.25) is 0 Å². The normalized spacial score (nSPS) is 13.7. The van der Waals surface area contributed by atoms with Crippen LogP contribution in [0.4, 0.5) is 4.39 Å². The SMILES string of the molecule is C=C(C[C@@H](O)c1ccc(F)cc1)S(=O)c1ccc(C)cc1. The zero-order chi connectivity index (χ0) is 15.4. The highest BCUT2D eigenvalue weighted by Crippen LogP contribution is 2.25. The van der Waals surface area contributed by atoms with Crippen LogP contribution in [0, 0.1) is 12.7 Å². The molecule has 0 bridgehead atoms. The first-order chi connectivity index (χ1) is 9.97. The van der Waals surface area contributed by atoms with E-state index in [9.17, 15) is 13.7 Å². The molecule has 0 fully saturated rings. The molecule has 21 heavy (non-hydrogen) atoms. The van der Waals surface area contributed by atoms with Gasteiger partial charge in [-0.2, -0.15) is 0 Å². The van der Waals surface area contributed by atoms with Crippen molar-refractivity contribution in [2.45, 2.75) is 24.3 Å². The predicted octanol–water partition coefficient (Wildman–Crippen LogP) is 3.88. The zero-order valence-electron chi connectivity index (χ0n) is 11.8. The first-order valence-corrected chi connectivity index (χ1v) is 7.72. The Kier molecular flexibility index (Phi) is 5.04. The van der Waals surface area contributed by atoms with Crippen LogP contribution in [0.1, 0.15) is 23.7 Å². The fourth-order valence-corrected chi connectivity index (χ4v) is 2.95. The van der Waals surface area contributed by atoms with Crippen LogP contribution in [0.2, 0.25) is 0 Å². The maximum Gasteiger partial charge on any atom is 0.123 e. The monoisotopic (exact) mass is 304 g/mol. The Hall–Kier alpha value is -1.78. The Morgan fingerprint density at radius 2 is 1.76 bits per heavy atom. The summed E-state index contributed by atoms with van der Waals surface area (Å²) in [6.07, 6.45) is -0.668.